The van der Waals surface area contributed by atoms with E-state index < -0.39 is 15.9 Å². The maximum atomic E-state index is 12.7. The highest BCUT2D eigenvalue weighted by atomic mass is 32.2. The minimum absolute atomic E-state index is 0.0188. The van der Waals surface area contributed by atoms with Crippen molar-refractivity contribution >= 4 is 33.2 Å². The lowest BCUT2D eigenvalue weighted by atomic mass is 10.1. The Morgan fingerprint density at radius 3 is 2.60 bits per heavy atom. The number of carbonyl (C=O) groups is 2. The average molecular weight is 432 g/mol. The molecule has 8 nitrogen and oxygen atoms in total. The molecule has 2 N–H and O–H groups in total. The molecule has 1 aliphatic rings. The van der Waals surface area contributed by atoms with E-state index in [-0.39, 0.29) is 17.6 Å². The first-order chi connectivity index (χ1) is 14.3. The van der Waals surface area contributed by atoms with Gasteiger partial charge < -0.3 is 15.4 Å². The van der Waals surface area contributed by atoms with Crippen molar-refractivity contribution in [2.24, 2.45) is 0 Å². The number of amides is 2. The fourth-order valence-corrected chi connectivity index (χ4v) is 3.62. The monoisotopic (exact) mass is 431 g/mol. The molecule has 30 heavy (non-hydrogen) atoms. The summed E-state index contributed by atoms with van der Waals surface area (Å²) in [6.07, 6.45) is 3.01. The maximum Gasteiger partial charge on any atom is 0.255 e. The third-order valence-electron chi connectivity index (χ3n) is 4.90. The van der Waals surface area contributed by atoms with Gasteiger partial charge in [0.25, 0.3) is 11.8 Å². The fraction of sp³-hybridized carbons (Fsp3) is 0.333. The number of nitrogens with zero attached hydrogens (tertiary/aromatic N) is 1. The quantitative estimate of drug-likeness (QED) is 0.700. The van der Waals surface area contributed by atoms with Crippen LogP contribution in [0.25, 0.3) is 0 Å². The van der Waals surface area contributed by atoms with Gasteiger partial charge in [0.15, 0.2) is 0 Å². The van der Waals surface area contributed by atoms with Crippen LogP contribution in [0.3, 0.4) is 0 Å². The summed E-state index contributed by atoms with van der Waals surface area (Å²) in [5, 5.41) is 5.59. The molecule has 0 aliphatic carbocycles. The van der Waals surface area contributed by atoms with Crippen LogP contribution in [0.5, 0.6) is 0 Å². The van der Waals surface area contributed by atoms with Crippen molar-refractivity contribution in [1.82, 2.24) is 5.32 Å². The molecular weight excluding hydrogens is 406 g/mol. The highest BCUT2D eigenvalue weighted by Gasteiger charge is 2.19. The van der Waals surface area contributed by atoms with E-state index in [9.17, 15) is 18.0 Å². The predicted octanol–water partition coefficient (Wildman–Crippen LogP) is 2.24. The van der Waals surface area contributed by atoms with Gasteiger partial charge in [0.2, 0.25) is 10.0 Å². The van der Waals surface area contributed by atoms with Gasteiger partial charge in [-0.15, -0.1) is 0 Å². The summed E-state index contributed by atoms with van der Waals surface area (Å²) in [6, 6.07) is 13.0. The summed E-state index contributed by atoms with van der Waals surface area (Å²) in [5.74, 6) is -0.745. The molecule has 0 aromatic heterocycles. The van der Waals surface area contributed by atoms with Crippen LogP contribution >= 0.6 is 0 Å². The molecule has 0 bridgehead atoms. The summed E-state index contributed by atoms with van der Waals surface area (Å²) in [4.78, 5) is 25.4. The summed E-state index contributed by atoms with van der Waals surface area (Å²) < 4.78 is 30.1. The first kappa shape index (κ1) is 21.8. The van der Waals surface area contributed by atoms with E-state index in [0.29, 0.717) is 30.1 Å². The van der Waals surface area contributed by atoms with Crippen molar-refractivity contribution in [2.75, 3.05) is 36.1 Å². The van der Waals surface area contributed by atoms with Crippen molar-refractivity contribution in [3.05, 3.63) is 59.7 Å². The Kier molecular flexibility index (Phi) is 6.73. The molecule has 9 heteroatoms. The Morgan fingerprint density at radius 1 is 1.13 bits per heavy atom. The molecule has 1 fully saturated rings. The molecule has 1 heterocycles. The van der Waals surface area contributed by atoms with Gasteiger partial charge in [-0.05, 0) is 43.2 Å². The third-order valence-corrected chi connectivity index (χ3v) is 6.11. The second-order valence-electron chi connectivity index (χ2n) is 7.13. The van der Waals surface area contributed by atoms with Crippen LogP contribution in [-0.2, 0) is 14.8 Å². The van der Waals surface area contributed by atoms with E-state index >= 15 is 0 Å². The smallest absolute Gasteiger partial charge is 0.255 e. The summed E-state index contributed by atoms with van der Waals surface area (Å²) in [6.45, 7) is 1.13. The van der Waals surface area contributed by atoms with Crippen molar-refractivity contribution < 1.29 is 22.7 Å². The Hall–Kier alpha value is -2.91. The number of anilines is 2. The first-order valence-electron chi connectivity index (χ1n) is 9.60. The lowest BCUT2D eigenvalue weighted by Gasteiger charge is -2.17. The number of hydrogen-bond donors (Lipinski definition) is 2. The van der Waals surface area contributed by atoms with E-state index in [2.05, 4.69) is 10.6 Å². The topological polar surface area (TPSA) is 105 Å². The van der Waals surface area contributed by atoms with Gasteiger partial charge in [0.1, 0.15) is 0 Å². The zero-order valence-corrected chi connectivity index (χ0v) is 17.7. The summed E-state index contributed by atoms with van der Waals surface area (Å²) >= 11 is 0. The third kappa shape index (κ3) is 5.37. The lowest BCUT2D eigenvalue weighted by Crippen LogP contribution is -2.32. The summed E-state index contributed by atoms with van der Waals surface area (Å²) in [5.41, 5.74) is 1.35. The number of carbonyl (C=O) groups excluding carboxylic acids is 2. The van der Waals surface area contributed by atoms with Crippen molar-refractivity contribution in [2.45, 2.75) is 18.9 Å². The van der Waals surface area contributed by atoms with Gasteiger partial charge in [-0.25, -0.2) is 8.42 Å². The fourth-order valence-electron chi connectivity index (χ4n) is 3.13. The number of para-hydroxylation sites is 1. The van der Waals surface area contributed by atoms with E-state index in [1.165, 1.54) is 13.1 Å². The molecule has 0 unspecified atom stereocenters. The van der Waals surface area contributed by atoms with E-state index in [1.807, 2.05) is 0 Å². The molecule has 1 saturated heterocycles. The largest absolute Gasteiger partial charge is 0.376 e. The van der Waals surface area contributed by atoms with Gasteiger partial charge in [-0.2, -0.15) is 0 Å². The second kappa shape index (κ2) is 9.27. The molecule has 1 aliphatic heterocycles. The van der Waals surface area contributed by atoms with E-state index in [1.54, 1.807) is 42.5 Å². The minimum Gasteiger partial charge on any atom is -0.376 e. The van der Waals surface area contributed by atoms with Crippen LogP contribution in [0.15, 0.2) is 48.5 Å². The maximum absolute atomic E-state index is 12.7. The number of ether oxygens (including phenoxy) is 1. The van der Waals surface area contributed by atoms with E-state index in [4.69, 9.17) is 4.74 Å². The predicted molar refractivity (Wildman–Crippen MR) is 115 cm³/mol. The molecular formula is C21H25N3O5S. The Morgan fingerprint density at radius 2 is 1.90 bits per heavy atom. The van der Waals surface area contributed by atoms with Gasteiger partial charge in [-0.3, -0.25) is 13.9 Å². The molecule has 2 amide bonds. The van der Waals surface area contributed by atoms with Crippen LogP contribution in [0, 0.1) is 0 Å². The number of hydrogen-bond acceptors (Lipinski definition) is 5. The van der Waals surface area contributed by atoms with Gasteiger partial charge in [-0.1, -0.05) is 18.2 Å². The average Bonchev–Trinajstić information content (AvgIpc) is 3.25. The van der Waals surface area contributed by atoms with E-state index in [0.717, 1.165) is 23.4 Å². The zero-order valence-electron chi connectivity index (χ0n) is 16.9. The molecule has 0 saturated carbocycles. The highest BCUT2D eigenvalue weighted by Crippen LogP contribution is 2.20. The standard InChI is InChI=1S/C21H25N3O5S/c1-24(30(2,27)28)16-8-5-7-15(13-16)20(25)23-19-11-4-3-10-18(19)21(26)22-14-17-9-6-12-29-17/h3-5,7-8,10-11,13,17H,6,9,12,14H2,1-2H3,(H,22,26)(H,23,25)/t17-/m1/s1. The highest BCUT2D eigenvalue weighted by molar-refractivity contribution is 7.92. The molecule has 160 valence electrons. The second-order valence-corrected chi connectivity index (χ2v) is 9.14. The Labute approximate surface area is 176 Å². The number of nitrogens with one attached hydrogen (secondary N) is 2. The molecule has 2 aromatic rings. The molecule has 0 radical (unpaired) electrons. The Balaban J connectivity index is 1.73. The van der Waals surface area contributed by atoms with Crippen molar-refractivity contribution in [3.63, 3.8) is 0 Å². The SMILES string of the molecule is CN(c1cccc(C(=O)Nc2ccccc2C(=O)NC[C@H]2CCCO2)c1)S(C)(=O)=O. The minimum atomic E-state index is -3.45. The summed E-state index contributed by atoms with van der Waals surface area (Å²) in [7, 11) is -2.03. The Bertz CT molecular complexity index is 1030. The molecule has 1 atom stereocenters. The van der Waals surface area contributed by atoms with Crippen LogP contribution in [-0.4, -0.2) is 52.8 Å². The van der Waals surface area contributed by atoms with Crippen LogP contribution < -0.4 is 14.9 Å². The lowest BCUT2D eigenvalue weighted by molar-refractivity contribution is 0.0858. The van der Waals surface area contributed by atoms with Crippen LogP contribution in [0.4, 0.5) is 11.4 Å². The van der Waals surface area contributed by atoms with Crippen molar-refractivity contribution in [3.8, 4) is 0 Å². The van der Waals surface area contributed by atoms with Gasteiger partial charge in [0.05, 0.1) is 29.3 Å². The zero-order chi connectivity index (χ0) is 21.7. The van der Waals surface area contributed by atoms with Gasteiger partial charge in [0, 0.05) is 25.8 Å². The first-order valence-corrected chi connectivity index (χ1v) is 11.4. The van der Waals surface area contributed by atoms with Gasteiger partial charge >= 0.3 is 0 Å². The normalized spacial score (nSPS) is 16.1. The molecule has 3 rings (SSSR count). The number of benzene rings is 2. The molecule has 0 spiro atoms. The molecule has 2 aromatic carbocycles. The van der Waals surface area contributed by atoms with Crippen molar-refractivity contribution in [1.29, 1.82) is 0 Å². The van der Waals surface area contributed by atoms with Crippen LogP contribution in [0.2, 0.25) is 0 Å². The number of rotatable bonds is 7. The number of sulfonamides is 1. The van der Waals surface area contributed by atoms with Crippen LogP contribution in [0.1, 0.15) is 33.6 Å².